The van der Waals surface area contributed by atoms with Crippen molar-refractivity contribution in [3.63, 3.8) is 0 Å². The van der Waals surface area contributed by atoms with Crippen LogP contribution in [0.25, 0.3) is 0 Å². The lowest BCUT2D eigenvalue weighted by Crippen LogP contribution is -2.53. The van der Waals surface area contributed by atoms with Crippen LogP contribution in [-0.2, 0) is 11.3 Å². The number of amides is 1. The zero-order valence-electron chi connectivity index (χ0n) is 18.7. The van der Waals surface area contributed by atoms with E-state index in [1.807, 2.05) is 31.9 Å². The smallest absolute Gasteiger partial charge is 0.410 e. The number of nitrogens with two attached hydrogens (primary N) is 1. The number of nitrogens with zero attached hydrogens (tertiary/aromatic N) is 6. The van der Waals surface area contributed by atoms with Crippen LogP contribution in [0.2, 0.25) is 0 Å². The number of anilines is 1. The van der Waals surface area contributed by atoms with E-state index in [0.29, 0.717) is 38.7 Å². The van der Waals surface area contributed by atoms with Gasteiger partial charge in [0.1, 0.15) is 11.4 Å². The van der Waals surface area contributed by atoms with E-state index in [-0.39, 0.29) is 6.09 Å². The SMILES string of the molecule is CN1CCN(c2ccc(CN=C(N)N3CCN(C(=O)OC(C)(C)C)CC3)cn2)CC1. The van der Waals surface area contributed by atoms with E-state index in [4.69, 9.17) is 10.5 Å². The fourth-order valence-corrected chi connectivity index (χ4v) is 3.45. The molecule has 0 radical (unpaired) electrons. The van der Waals surface area contributed by atoms with Crippen molar-refractivity contribution in [2.24, 2.45) is 10.7 Å². The summed E-state index contributed by atoms with van der Waals surface area (Å²) in [7, 11) is 2.15. The Morgan fingerprint density at radius 2 is 1.70 bits per heavy atom. The number of pyridine rings is 1. The molecule has 3 heterocycles. The molecule has 3 rings (SSSR count). The quantitative estimate of drug-likeness (QED) is 0.584. The third-order valence-electron chi connectivity index (χ3n) is 5.32. The molecule has 0 aromatic carbocycles. The number of hydrogen-bond acceptors (Lipinski definition) is 6. The molecular formula is C21H35N7O2. The van der Waals surface area contributed by atoms with E-state index in [1.165, 1.54) is 0 Å². The number of ether oxygens (including phenoxy) is 1. The minimum absolute atomic E-state index is 0.274. The summed E-state index contributed by atoms with van der Waals surface area (Å²) in [4.78, 5) is 29.7. The Bertz CT molecular complexity index is 729. The zero-order valence-corrected chi connectivity index (χ0v) is 18.7. The van der Waals surface area contributed by atoms with Gasteiger partial charge in [-0.1, -0.05) is 6.07 Å². The molecule has 0 atom stereocenters. The molecule has 0 saturated carbocycles. The lowest BCUT2D eigenvalue weighted by molar-refractivity contribution is 0.0186. The summed E-state index contributed by atoms with van der Waals surface area (Å²) >= 11 is 0. The lowest BCUT2D eigenvalue weighted by Gasteiger charge is -2.36. The predicted molar refractivity (Wildman–Crippen MR) is 119 cm³/mol. The first-order valence-corrected chi connectivity index (χ1v) is 10.6. The van der Waals surface area contributed by atoms with Crippen LogP contribution in [0.4, 0.5) is 10.6 Å². The molecule has 0 spiro atoms. The van der Waals surface area contributed by atoms with E-state index in [1.54, 1.807) is 4.90 Å². The number of aromatic nitrogens is 1. The average molecular weight is 418 g/mol. The van der Waals surface area contributed by atoms with Crippen LogP contribution in [0.5, 0.6) is 0 Å². The van der Waals surface area contributed by atoms with Crippen molar-refractivity contribution in [1.82, 2.24) is 19.7 Å². The van der Waals surface area contributed by atoms with Gasteiger partial charge in [0.05, 0.1) is 6.54 Å². The molecule has 1 amide bonds. The summed E-state index contributed by atoms with van der Waals surface area (Å²) in [5, 5.41) is 0. The third kappa shape index (κ3) is 6.22. The van der Waals surface area contributed by atoms with Crippen molar-refractivity contribution in [2.75, 3.05) is 64.3 Å². The minimum atomic E-state index is -0.483. The van der Waals surface area contributed by atoms with Gasteiger partial charge in [0, 0.05) is 58.6 Å². The maximum Gasteiger partial charge on any atom is 0.410 e. The normalized spacial score (nSPS) is 19.2. The van der Waals surface area contributed by atoms with E-state index >= 15 is 0 Å². The molecule has 0 bridgehead atoms. The number of guanidine groups is 1. The molecule has 9 nitrogen and oxygen atoms in total. The molecule has 0 aliphatic carbocycles. The number of hydrogen-bond donors (Lipinski definition) is 1. The van der Waals surface area contributed by atoms with Gasteiger partial charge in [-0.2, -0.15) is 0 Å². The highest BCUT2D eigenvalue weighted by atomic mass is 16.6. The molecule has 1 aromatic rings. The summed E-state index contributed by atoms with van der Waals surface area (Å²) in [6.07, 6.45) is 1.61. The van der Waals surface area contributed by atoms with Crippen molar-refractivity contribution in [1.29, 1.82) is 0 Å². The van der Waals surface area contributed by atoms with Gasteiger partial charge in [0.2, 0.25) is 0 Å². The molecule has 166 valence electrons. The van der Waals surface area contributed by atoms with Crippen molar-refractivity contribution in [3.05, 3.63) is 23.9 Å². The average Bonchev–Trinajstić information content (AvgIpc) is 2.72. The molecule has 1 aromatic heterocycles. The highest BCUT2D eigenvalue weighted by molar-refractivity contribution is 5.78. The molecule has 0 unspecified atom stereocenters. The van der Waals surface area contributed by atoms with Gasteiger partial charge < -0.3 is 30.1 Å². The Morgan fingerprint density at radius 3 is 2.27 bits per heavy atom. The molecule has 9 heteroatoms. The first-order valence-electron chi connectivity index (χ1n) is 10.6. The predicted octanol–water partition coefficient (Wildman–Crippen LogP) is 1.20. The Morgan fingerprint density at radius 1 is 1.07 bits per heavy atom. The van der Waals surface area contributed by atoms with E-state index < -0.39 is 5.60 Å². The lowest BCUT2D eigenvalue weighted by atomic mass is 10.2. The van der Waals surface area contributed by atoms with E-state index in [0.717, 1.165) is 37.6 Å². The standard InChI is InChI=1S/C21H35N7O2/c1-21(2,3)30-20(29)28-13-11-27(12-14-28)19(22)24-16-17-5-6-18(23-15-17)26-9-7-25(4)8-10-26/h5-6,15H,7-14,16H2,1-4H3,(H2,22,24). The Hall–Kier alpha value is -2.55. The van der Waals surface area contributed by atoms with Gasteiger partial charge in [-0.15, -0.1) is 0 Å². The van der Waals surface area contributed by atoms with Crippen LogP contribution in [0.3, 0.4) is 0 Å². The fourth-order valence-electron chi connectivity index (χ4n) is 3.45. The highest BCUT2D eigenvalue weighted by Crippen LogP contribution is 2.15. The second kappa shape index (κ2) is 9.51. The van der Waals surface area contributed by atoms with Crippen LogP contribution < -0.4 is 10.6 Å². The fraction of sp³-hybridized carbons (Fsp3) is 0.667. The summed E-state index contributed by atoms with van der Waals surface area (Å²) < 4.78 is 5.43. The Labute approximate surface area is 179 Å². The number of aliphatic imine (C=N–C) groups is 1. The van der Waals surface area contributed by atoms with Gasteiger partial charge in [0.25, 0.3) is 0 Å². The summed E-state index contributed by atoms with van der Waals surface area (Å²) in [6.45, 7) is 12.7. The van der Waals surface area contributed by atoms with Gasteiger partial charge in [-0.25, -0.2) is 14.8 Å². The highest BCUT2D eigenvalue weighted by Gasteiger charge is 2.26. The number of carbonyl (C=O) groups is 1. The van der Waals surface area contributed by atoms with Gasteiger partial charge in [0.15, 0.2) is 5.96 Å². The molecule has 2 aliphatic heterocycles. The van der Waals surface area contributed by atoms with Crippen LogP contribution in [0.15, 0.2) is 23.3 Å². The third-order valence-corrected chi connectivity index (χ3v) is 5.32. The van der Waals surface area contributed by atoms with Crippen LogP contribution in [0, 0.1) is 0 Å². The topological polar surface area (TPSA) is 90.5 Å². The number of rotatable bonds is 3. The Kier molecular flexibility index (Phi) is 7.02. The van der Waals surface area contributed by atoms with Gasteiger partial charge in [-0.05, 0) is 39.4 Å². The molecule has 2 saturated heterocycles. The largest absolute Gasteiger partial charge is 0.444 e. The molecular weight excluding hydrogens is 382 g/mol. The van der Waals surface area contributed by atoms with Crippen molar-refractivity contribution in [3.8, 4) is 0 Å². The summed E-state index contributed by atoms with van der Waals surface area (Å²) in [5.41, 5.74) is 6.73. The second-order valence-corrected chi connectivity index (χ2v) is 8.94. The number of likely N-dealkylation sites (N-methyl/N-ethyl adjacent to an activating group) is 1. The van der Waals surface area contributed by atoms with Crippen molar-refractivity contribution >= 4 is 17.9 Å². The first kappa shape index (κ1) is 22.1. The molecule has 2 fully saturated rings. The zero-order chi connectivity index (χ0) is 21.7. The summed E-state index contributed by atoms with van der Waals surface area (Å²) in [5.74, 6) is 1.52. The van der Waals surface area contributed by atoms with Gasteiger partial charge in [-0.3, -0.25) is 0 Å². The van der Waals surface area contributed by atoms with E-state index in [2.05, 4.69) is 39.0 Å². The number of piperazine rings is 2. The Balaban J connectivity index is 1.47. The van der Waals surface area contributed by atoms with Crippen LogP contribution in [0.1, 0.15) is 26.3 Å². The number of carbonyl (C=O) groups excluding carboxylic acids is 1. The maximum absolute atomic E-state index is 12.2. The summed E-state index contributed by atoms with van der Waals surface area (Å²) in [6, 6.07) is 4.13. The maximum atomic E-state index is 12.2. The molecule has 30 heavy (non-hydrogen) atoms. The van der Waals surface area contributed by atoms with Crippen molar-refractivity contribution < 1.29 is 9.53 Å². The van der Waals surface area contributed by atoms with Gasteiger partial charge >= 0.3 is 6.09 Å². The van der Waals surface area contributed by atoms with Crippen LogP contribution >= 0.6 is 0 Å². The van der Waals surface area contributed by atoms with Crippen LogP contribution in [-0.4, -0.2) is 96.7 Å². The van der Waals surface area contributed by atoms with Crippen molar-refractivity contribution in [2.45, 2.75) is 32.9 Å². The second-order valence-electron chi connectivity index (χ2n) is 8.94. The monoisotopic (exact) mass is 417 g/mol. The molecule has 2 N–H and O–H groups in total. The minimum Gasteiger partial charge on any atom is -0.444 e. The molecule has 2 aliphatic rings. The van der Waals surface area contributed by atoms with E-state index in [9.17, 15) is 4.79 Å². The first-order chi connectivity index (χ1) is 14.2.